The number of aromatic nitrogens is 2. The molecule has 0 bridgehead atoms. The molecule has 1 aromatic heterocycles. The van der Waals surface area contributed by atoms with Crippen LogP contribution in [0.3, 0.4) is 0 Å². The minimum Gasteiger partial charge on any atom is -0.480 e. The van der Waals surface area contributed by atoms with Crippen LogP contribution in [0.15, 0.2) is 4.34 Å². The van der Waals surface area contributed by atoms with Gasteiger partial charge in [0.25, 0.3) is 0 Å². The van der Waals surface area contributed by atoms with Crippen LogP contribution in [0.4, 0.5) is 5.13 Å². The standard InChI is InChI=1S/C8H11N3O2S2/c1-8(5(12)13,4-2-3-4)15-7-11-10-6(9)14-7/h4H,2-3H2,1H3,(H2,9,10)(H,12,13). The molecular formula is C8H11N3O2S2. The molecule has 0 radical (unpaired) electrons. The van der Waals surface area contributed by atoms with Gasteiger partial charge < -0.3 is 10.8 Å². The Labute approximate surface area is 95.1 Å². The van der Waals surface area contributed by atoms with Gasteiger partial charge in [-0.2, -0.15) is 0 Å². The van der Waals surface area contributed by atoms with E-state index >= 15 is 0 Å². The van der Waals surface area contributed by atoms with Crippen LogP contribution in [0.2, 0.25) is 0 Å². The Kier molecular flexibility index (Phi) is 2.59. The number of carbonyl (C=O) groups is 1. The molecule has 2 rings (SSSR count). The molecule has 0 amide bonds. The van der Waals surface area contributed by atoms with Crippen LogP contribution in [0, 0.1) is 5.92 Å². The van der Waals surface area contributed by atoms with Crippen molar-refractivity contribution in [1.29, 1.82) is 0 Å². The molecule has 0 aliphatic heterocycles. The predicted octanol–water partition coefficient (Wildman–Crippen LogP) is 1.47. The van der Waals surface area contributed by atoms with Gasteiger partial charge in [-0.25, -0.2) is 0 Å². The van der Waals surface area contributed by atoms with E-state index in [-0.39, 0.29) is 5.92 Å². The molecule has 82 valence electrons. The quantitative estimate of drug-likeness (QED) is 0.781. The van der Waals surface area contributed by atoms with Gasteiger partial charge in [0.05, 0.1) is 0 Å². The largest absolute Gasteiger partial charge is 0.480 e. The third kappa shape index (κ3) is 2.07. The minimum absolute atomic E-state index is 0.241. The van der Waals surface area contributed by atoms with Crippen molar-refractivity contribution in [2.75, 3.05) is 5.73 Å². The Morgan fingerprint density at radius 1 is 1.67 bits per heavy atom. The summed E-state index contributed by atoms with van der Waals surface area (Å²) in [5.41, 5.74) is 5.45. The summed E-state index contributed by atoms with van der Waals surface area (Å²) in [5, 5.41) is 17.1. The minimum atomic E-state index is -0.788. The molecule has 0 saturated heterocycles. The van der Waals surface area contributed by atoms with Crippen LogP contribution in [-0.4, -0.2) is 26.0 Å². The number of nitrogens with zero attached hydrogens (tertiary/aromatic N) is 2. The monoisotopic (exact) mass is 245 g/mol. The first-order valence-corrected chi connectivity index (χ1v) is 6.17. The van der Waals surface area contributed by atoms with E-state index in [4.69, 9.17) is 5.73 Å². The fraction of sp³-hybridized carbons (Fsp3) is 0.625. The summed E-state index contributed by atoms with van der Waals surface area (Å²) in [4.78, 5) is 11.2. The molecule has 1 fully saturated rings. The van der Waals surface area contributed by atoms with Crippen molar-refractivity contribution in [3.05, 3.63) is 0 Å². The van der Waals surface area contributed by atoms with Crippen LogP contribution < -0.4 is 5.73 Å². The van der Waals surface area contributed by atoms with Gasteiger partial charge in [0.15, 0.2) is 4.34 Å². The fourth-order valence-corrected chi connectivity index (χ4v) is 3.60. The van der Waals surface area contributed by atoms with Crippen molar-refractivity contribution in [2.45, 2.75) is 28.9 Å². The van der Waals surface area contributed by atoms with Crippen LogP contribution in [0.1, 0.15) is 19.8 Å². The maximum atomic E-state index is 11.2. The zero-order valence-corrected chi connectivity index (χ0v) is 9.77. The number of carboxylic acids is 1. The van der Waals surface area contributed by atoms with Gasteiger partial charge in [-0.15, -0.1) is 10.2 Å². The summed E-state index contributed by atoms with van der Waals surface area (Å²) in [6.07, 6.45) is 1.95. The molecule has 1 atom stereocenters. The average molecular weight is 245 g/mol. The summed E-state index contributed by atoms with van der Waals surface area (Å²) in [6.45, 7) is 1.75. The fourth-order valence-electron chi connectivity index (χ4n) is 1.38. The van der Waals surface area contributed by atoms with E-state index in [2.05, 4.69) is 10.2 Å². The van der Waals surface area contributed by atoms with E-state index < -0.39 is 10.7 Å². The lowest BCUT2D eigenvalue weighted by Crippen LogP contribution is -2.33. The molecule has 15 heavy (non-hydrogen) atoms. The van der Waals surface area contributed by atoms with Crippen molar-refractivity contribution in [2.24, 2.45) is 5.92 Å². The molecule has 0 aromatic carbocycles. The first-order chi connectivity index (χ1) is 7.02. The van der Waals surface area contributed by atoms with Gasteiger partial charge >= 0.3 is 5.97 Å². The number of thioether (sulfide) groups is 1. The molecule has 1 unspecified atom stereocenters. The van der Waals surface area contributed by atoms with Crippen molar-refractivity contribution in [3.8, 4) is 0 Å². The molecule has 1 aromatic rings. The van der Waals surface area contributed by atoms with Crippen LogP contribution >= 0.6 is 23.1 Å². The lowest BCUT2D eigenvalue weighted by Gasteiger charge is -2.21. The zero-order valence-electron chi connectivity index (χ0n) is 8.14. The number of hydrogen-bond acceptors (Lipinski definition) is 6. The first kappa shape index (κ1) is 10.7. The molecular weight excluding hydrogens is 234 g/mol. The van der Waals surface area contributed by atoms with Crippen molar-refractivity contribution < 1.29 is 9.90 Å². The molecule has 1 aliphatic carbocycles. The van der Waals surface area contributed by atoms with Crippen LogP contribution in [0.5, 0.6) is 0 Å². The Morgan fingerprint density at radius 2 is 2.33 bits per heavy atom. The molecule has 5 nitrogen and oxygen atoms in total. The lowest BCUT2D eigenvalue weighted by atomic mass is 10.1. The third-order valence-corrected chi connectivity index (χ3v) is 4.74. The van der Waals surface area contributed by atoms with E-state index in [0.29, 0.717) is 9.47 Å². The van der Waals surface area contributed by atoms with Crippen molar-refractivity contribution in [1.82, 2.24) is 10.2 Å². The molecule has 0 spiro atoms. The lowest BCUT2D eigenvalue weighted by molar-refractivity contribution is -0.139. The second-order valence-corrected chi connectivity index (χ2v) is 6.40. The Bertz CT molecular complexity index is 391. The number of hydrogen-bond donors (Lipinski definition) is 2. The first-order valence-electron chi connectivity index (χ1n) is 4.54. The smallest absolute Gasteiger partial charge is 0.320 e. The number of carboxylic acid groups (broad SMARTS) is 1. The van der Waals surface area contributed by atoms with Gasteiger partial charge in [-0.05, 0) is 25.7 Å². The topological polar surface area (TPSA) is 89.1 Å². The van der Waals surface area contributed by atoms with Gasteiger partial charge in [0, 0.05) is 0 Å². The number of nitrogens with two attached hydrogens (primary N) is 1. The van der Waals surface area contributed by atoms with Crippen LogP contribution in [-0.2, 0) is 4.79 Å². The number of rotatable bonds is 4. The highest BCUT2D eigenvalue weighted by molar-refractivity contribution is 8.03. The summed E-state index contributed by atoms with van der Waals surface area (Å²) < 4.78 is -0.157. The van der Waals surface area contributed by atoms with Gasteiger partial charge in [-0.1, -0.05) is 23.1 Å². The normalized spacial score (nSPS) is 19.8. The third-order valence-electron chi connectivity index (χ3n) is 2.50. The zero-order chi connectivity index (χ0) is 11.1. The maximum Gasteiger partial charge on any atom is 0.320 e. The number of aliphatic carboxylic acids is 1. The van der Waals surface area contributed by atoms with E-state index in [1.54, 1.807) is 6.92 Å². The summed E-state index contributed by atoms with van der Waals surface area (Å²) in [6, 6.07) is 0. The summed E-state index contributed by atoms with van der Waals surface area (Å²) >= 11 is 2.49. The van der Waals surface area contributed by atoms with E-state index in [1.807, 2.05) is 0 Å². The van der Waals surface area contributed by atoms with Gasteiger partial charge in [-0.3, -0.25) is 4.79 Å². The summed E-state index contributed by atoms with van der Waals surface area (Å²) in [5.74, 6) is -0.547. The molecule has 3 N–H and O–H groups in total. The molecule has 1 aliphatic rings. The number of anilines is 1. The Morgan fingerprint density at radius 3 is 2.73 bits per heavy atom. The van der Waals surface area contributed by atoms with Gasteiger partial charge in [0.2, 0.25) is 5.13 Å². The Hall–Kier alpha value is -0.820. The number of nitrogen functional groups attached to an aromatic ring is 1. The highest BCUT2D eigenvalue weighted by Crippen LogP contribution is 2.50. The van der Waals surface area contributed by atoms with Crippen molar-refractivity contribution >= 4 is 34.2 Å². The predicted molar refractivity (Wildman–Crippen MR) is 58.9 cm³/mol. The van der Waals surface area contributed by atoms with Crippen LogP contribution in [0.25, 0.3) is 0 Å². The SMILES string of the molecule is CC(Sc1nnc(N)s1)(C(=O)O)C1CC1. The highest BCUT2D eigenvalue weighted by Gasteiger charge is 2.49. The average Bonchev–Trinajstić information content (AvgIpc) is 2.92. The highest BCUT2D eigenvalue weighted by atomic mass is 32.2. The van der Waals surface area contributed by atoms with Gasteiger partial charge in [0.1, 0.15) is 4.75 Å². The molecule has 1 heterocycles. The van der Waals surface area contributed by atoms with E-state index in [1.165, 1.54) is 23.1 Å². The Balaban J connectivity index is 2.16. The van der Waals surface area contributed by atoms with Crippen molar-refractivity contribution in [3.63, 3.8) is 0 Å². The summed E-state index contributed by atoms with van der Waals surface area (Å²) in [7, 11) is 0. The maximum absolute atomic E-state index is 11.2. The van der Waals surface area contributed by atoms with E-state index in [0.717, 1.165) is 12.8 Å². The second-order valence-electron chi connectivity index (χ2n) is 3.69. The second kappa shape index (κ2) is 3.64. The van der Waals surface area contributed by atoms with E-state index in [9.17, 15) is 9.90 Å². The molecule has 7 heteroatoms. The molecule has 1 saturated carbocycles.